The quantitative estimate of drug-likeness (QED) is 0.859. The van der Waals surface area contributed by atoms with Gasteiger partial charge in [0.2, 0.25) is 0 Å². The molecule has 0 radical (unpaired) electrons. The van der Waals surface area contributed by atoms with Crippen molar-refractivity contribution in [2.45, 2.75) is 20.8 Å². The van der Waals surface area contributed by atoms with Crippen LogP contribution in [0, 0.1) is 13.8 Å². The summed E-state index contributed by atoms with van der Waals surface area (Å²) in [5, 5.41) is 2.73. The van der Waals surface area contributed by atoms with Gasteiger partial charge in [-0.15, -0.1) is 0 Å². The molecule has 2 aromatic carbocycles. The van der Waals surface area contributed by atoms with Gasteiger partial charge in [0, 0.05) is 11.3 Å². The van der Waals surface area contributed by atoms with Gasteiger partial charge < -0.3 is 10.1 Å². The Bertz CT molecular complexity index is 690. The zero-order valence-corrected chi connectivity index (χ0v) is 13.0. The molecule has 4 heteroatoms. The maximum atomic E-state index is 11.9. The molecule has 0 heterocycles. The van der Waals surface area contributed by atoms with Crippen molar-refractivity contribution < 1.29 is 14.3 Å². The van der Waals surface area contributed by atoms with Gasteiger partial charge in [0.1, 0.15) is 5.75 Å². The Kier molecular flexibility index (Phi) is 4.94. The van der Waals surface area contributed by atoms with Gasteiger partial charge in [0.25, 0.3) is 5.91 Å². The third-order valence-electron chi connectivity index (χ3n) is 3.42. The van der Waals surface area contributed by atoms with Gasteiger partial charge in [0.05, 0.1) is 0 Å². The molecule has 1 amide bonds. The van der Waals surface area contributed by atoms with E-state index < -0.39 is 0 Å². The minimum absolute atomic E-state index is 0.00375. The lowest BCUT2D eigenvalue weighted by atomic mass is 10.1. The predicted octanol–water partition coefficient (Wildman–Crippen LogP) is 3.52. The molecule has 0 aliphatic carbocycles. The Morgan fingerprint density at radius 2 is 1.68 bits per heavy atom. The number of ether oxygens (including phenoxy) is 1. The number of hydrogen-bond acceptors (Lipinski definition) is 3. The standard InChI is InChI=1S/C18H19NO3/c1-12-4-9-17(10-13(12)2)22-11-18(21)19-16-7-5-15(6-8-16)14(3)20/h4-10H,11H2,1-3H3,(H,19,21). The van der Waals surface area contributed by atoms with Gasteiger partial charge >= 0.3 is 0 Å². The van der Waals surface area contributed by atoms with Crippen molar-refractivity contribution in [3.63, 3.8) is 0 Å². The van der Waals surface area contributed by atoms with E-state index in [0.717, 1.165) is 5.56 Å². The first-order valence-electron chi connectivity index (χ1n) is 7.06. The molecular formula is C18H19NO3. The maximum Gasteiger partial charge on any atom is 0.262 e. The predicted molar refractivity (Wildman–Crippen MR) is 86.5 cm³/mol. The lowest BCUT2D eigenvalue weighted by molar-refractivity contribution is -0.118. The van der Waals surface area contributed by atoms with Crippen molar-refractivity contribution >= 4 is 17.4 Å². The van der Waals surface area contributed by atoms with Crippen molar-refractivity contribution in [2.75, 3.05) is 11.9 Å². The molecule has 114 valence electrons. The van der Waals surface area contributed by atoms with Crippen molar-refractivity contribution in [1.29, 1.82) is 0 Å². The number of nitrogens with one attached hydrogen (secondary N) is 1. The number of benzene rings is 2. The van der Waals surface area contributed by atoms with Crippen LogP contribution in [-0.2, 0) is 4.79 Å². The third-order valence-corrected chi connectivity index (χ3v) is 3.42. The summed E-state index contributed by atoms with van der Waals surface area (Å²) in [6, 6.07) is 12.5. The zero-order valence-electron chi connectivity index (χ0n) is 13.0. The molecule has 2 aromatic rings. The Morgan fingerprint density at radius 3 is 2.27 bits per heavy atom. The maximum absolute atomic E-state index is 11.9. The summed E-state index contributed by atoms with van der Waals surface area (Å²) in [4.78, 5) is 23.0. The summed E-state index contributed by atoms with van der Waals surface area (Å²) < 4.78 is 5.47. The summed E-state index contributed by atoms with van der Waals surface area (Å²) in [6.45, 7) is 5.47. The van der Waals surface area contributed by atoms with Crippen LogP contribution in [0.4, 0.5) is 5.69 Å². The zero-order chi connectivity index (χ0) is 16.1. The van der Waals surface area contributed by atoms with Crippen LogP contribution in [0.25, 0.3) is 0 Å². The molecule has 0 aromatic heterocycles. The second-order valence-corrected chi connectivity index (χ2v) is 5.22. The first-order chi connectivity index (χ1) is 10.5. The Morgan fingerprint density at radius 1 is 1.00 bits per heavy atom. The number of anilines is 1. The second-order valence-electron chi connectivity index (χ2n) is 5.22. The molecule has 0 spiro atoms. The van der Waals surface area contributed by atoms with Crippen molar-refractivity contribution in [3.8, 4) is 5.75 Å². The van der Waals surface area contributed by atoms with Crippen LogP contribution in [0.2, 0.25) is 0 Å². The average Bonchev–Trinajstić information content (AvgIpc) is 2.49. The Labute approximate surface area is 130 Å². The molecule has 0 saturated heterocycles. The highest BCUT2D eigenvalue weighted by Gasteiger charge is 2.05. The van der Waals surface area contributed by atoms with Crippen LogP contribution in [0.3, 0.4) is 0 Å². The number of Topliss-reactive ketones (excluding diaryl/α,β-unsaturated/α-hetero) is 1. The number of rotatable bonds is 5. The molecule has 2 rings (SSSR count). The van der Waals surface area contributed by atoms with Crippen LogP contribution in [0.5, 0.6) is 5.75 Å². The molecule has 0 saturated carbocycles. The van der Waals surface area contributed by atoms with E-state index in [1.54, 1.807) is 24.3 Å². The molecule has 0 atom stereocenters. The molecule has 22 heavy (non-hydrogen) atoms. The topological polar surface area (TPSA) is 55.4 Å². The van der Waals surface area contributed by atoms with E-state index in [-0.39, 0.29) is 18.3 Å². The van der Waals surface area contributed by atoms with Gasteiger partial charge in [-0.05, 0) is 68.3 Å². The molecule has 0 fully saturated rings. The lowest BCUT2D eigenvalue weighted by Gasteiger charge is -2.09. The Hall–Kier alpha value is -2.62. The SMILES string of the molecule is CC(=O)c1ccc(NC(=O)COc2ccc(C)c(C)c2)cc1. The summed E-state index contributed by atoms with van der Waals surface area (Å²) >= 11 is 0. The second kappa shape index (κ2) is 6.89. The number of carbonyl (C=O) groups excluding carboxylic acids is 2. The third kappa shape index (κ3) is 4.19. The smallest absolute Gasteiger partial charge is 0.262 e. The monoisotopic (exact) mass is 297 g/mol. The highest BCUT2D eigenvalue weighted by Crippen LogP contribution is 2.16. The first kappa shape index (κ1) is 15.8. The number of amides is 1. The van der Waals surface area contributed by atoms with E-state index in [2.05, 4.69) is 5.32 Å². The van der Waals surface area contributed by atoms with E-state index in [1.165, 1.54) is 12.5 Å². The molecule has 0 unspecified atom stereocenters. The minimum atomic E-state index is -0.242. The summed E-state index contributed by atoms with van der Waals surface area (Å²) in [5.74, 6) is 0.426. The van der Waals surface area contributed by atoms with E-state index >= 15 is 0 Å². The minimum Gasteiger partial charge on any atom is -0.484 e. The molecular weight excluding hydrogens is 278 g/mol. The fraction of sp³-hybridized carbons (Fsp3) is 0.222. The number of hydrogen-bond donors (Lipinski definition) is 1. The summed E-state index contributed by atoms with van der Waals surface area (Å²) in [5.41, 5.74) is 3.56. The van der Waals surface area contributed by atoms with Gasteiger partial charge in [0.15, 0.2) is 12.4 Å². The lowest BCUT2D eigenvalue weighted by Crippen LogP contribution is -2.20. The van der Waals surface area contributed by atoms with E-state index in [0.29, 0.717) is 17.0 Å². The largest absolute Gasteiger partial charge is 0.484 e. The molecule has 0 bridgehead atoms. The van der Waals surface area contributed by atoms with Gasteiger partial charge in [-0.2, -0.15) is 0 Å². The van der Waals surface area contributed by atoms with E-state index in [9.17, 15) is 9.59 Å². The van der Waals surface area contributed by atoms with E-state index in [4.69, 9.17) is 4.74 Å². The number of carbonyl (C=O) groups is 2. The van der Waals surface area contributed by atoms with Crippen molar-refractivity contribution in [2.24, 2.45) is 0 Å². The van der Waals surface area contributed by atoms with Crippen LogP contribution in [0.1, 0.15) is 28.4 Å². The molecule has 0 aliphatic rings. The highest BCUT2D eigenvalue weighted by atomic mass is 16.5. The van der Waals surface area contributed by atoms with Crippen LogP contribution in [-0.4, -0.2) is 18.3 Å². The average molecular weight is 297 g/mol. The highest BCUT2D eigenvalue weighted by molar-refractivity contribution is 5.95. The van der Waals surface area contributed by atoms with Gasteiger partial charge in [-0.3, -0.25) is 9.59 Å². The molecule has 1 N–H and O–H groups in total. The van der Waals surface area contributed by atoms with Crippen molar-refractivity contribution in [3.05, 3.63) is 59.2 Å². The number of aryl methyl sites for hydroxylation is 2. The van der Waals surface area contributed by atoms with Crippen LogP contribution in [0.15, 0.2) is 42.5 Å². The molecule has 4 nitrogen and oxygen atoms in total. The fourth-order valence-electron chi connectivity index (χ4n) is 1.94. The fourth-order valence-corrected chi connectivity index (χ4v) is 1.94. The molecule has 0 aliphatic heterocycles. The van der Waals surface area contributed by atoms with Crippen LogP contribution < -0.4 is 10.1 Å². The number of ketones is 1. The first-order valence-corrected chi connectivity index (χ1v) is 7.06. The van der Waals surface area contributed by atoms with Crippen molar-refractivity contribution in [1.82, 2.24) is 0 Å². The van der Waals surface area contributed by atoms with Gasteiger partial charge in [-0.1, -0.05) is 6.07 Å². The summed E-state index contributed by atoms with van der Waals surface area (Å²) in [7, 11) is 0. The summed E-state index contributed by atoms with van der Waals surface area (Å²) in [6.07, 6.45) is 0. The van der Waals surface area contributed by atoms with Crippen LogP contribution >= 0.6 is 0 Å². The Balaban J connectivity index is 1.89. The van der Waals surface area contributed by atoms with Gasteiger partial charge in [-0.25, -0.2) is 0 Å². The van der Waals surface area contributed by atoms with E-state index in [1.807, 2.05) is 32.0 Å². The normalized spacial score (nSPS) is 10.1.